The molecule has 2 aromatic rings. The van der Waals surface area contributed by atoms with Crippen LogP contribution in [0.2, 0.25) is 0 Å². The fourth-order valence-electron chi connectivity index (χ4n) is 2.56. The summed E-state index contributed by atoms with van der Waals surface area (Å²) in [7, 11) is 3.27. The Kier molecular flexibility index (Phi) is 3.70. The highest BCUT2D eigenvalue weighted by molar-refractivity contribution is 5.50. The molecule has 0 atom stereocenters. The van der Waals surface area contributed by atoms with Gasteiger partial charge in [0.1, 0.15) is 12.0 Å². The molecule has 6 nitrogen and oxygen atoms in total. The molecule has 0 aliphatic carbocycles. The molecule has 0 amide bonds. The minimum Gasteiger partial charge on any atom is -0.493 e. The van der Waals surface area contributed by atoms with Gasteiger partial charge in [-0.3, -0.25) is 0 Å². The Balaban J connectivity index is 1.87. The zero-order chi connectivity index (χ0) is 14.8. The average molecular weight is 290 g/mol. The average Bonchev–Trinajstić information content (AvgIpc) is 3.02. The van der Waals surface area contributed by atoms with E-state index < -0.39 is 0 Å². The van der Waals surface area contributed by atoms with Gasteiger partial charge in [-0.05, 0) is 29.7 Å². The molecule has 1 aromatic carbocycles. The Morgan fingerprint density at radius 1 is 1.24 bits per heavy atom. The molecule has 0 spiro atoms. The van der Waals surface area contributed by atoms with E-state index >= 15 is 0 Å². The standard InChI is InChI=1S/C15H18N2O4/c1-19-13-5-10-3-4-17(7-11(10)6-14(13)20-2)15-16-12(8-18)9-21-15/h5-6,9,18H,3-4,7-8H2,1-2H3. The number of ether oxygens (including phenoxy) is 2. The normalized spacial score (nSPS) is 14.0. The Morgan fingerprint density at radius 3 is 2.57 bits per heavy atom. The van der Waals surface area contributed by atoms with E-state index in [0.29, 0.717) is 18.3 Å². The quantitative estimate of drug-likeness (QED) is 0.925. The van der Waals surface area contributed by atoms with Crippen LogP contribution in [-0.2, 0) is 19.6 Å². The molecule has 0 radical (unpaired) electrons. The van der Waals surface area contributed by atoms with Gasteiger partial charge >= 0.3 is 0 Å². The summed E-state index contributed by atoms with van der Waals surface area (Å²) in [5, 5.41) is 9.06. The van der Waals surface area contributed by atoms with Crippen LogP contribution in [-0.4, -0.2) is 30.9 Å². The Morgan fingerprint density at radius 2 is 1.95 bits per heavy atom. The first-order chi connectivity index (χ1) is 10.2. The molecule has 0 bridgehead atoms. The lowest BCUT2D eigenvalue weighted by Gasteiger charge is -2.28. The van der Waals surface area contributed by atoms with Crippen LogP contribution in [0.5, 0.6) is 11.5 Å². The number of benzene rings is 1. The van der Waals surface area contributed by atoms with Crippen molar-refractivity contribution >= 4 is 6.01 Å². The summed E-state index contributed by atoms with van der Waals surface area (Å²) in [6.07, 6.45) is 2.37. The maximum Gasteiger partial charge on any atom is 0.297 e. The number of anilines is 1. The van der Waals surface area contributed by atoms with Crippen molar-refractivity contribution < 1.29 is 19.0 Å². The number of aromatic nitrogens is 1. The van der Waals surface area contributed by atoms with Gasteiger partial charge in [-0.15, -0.1) is 0 Å². The van der Waals surface area contributed by atoms with Crippen molar-refractivity contribution in [3.05, 3.63) is 35.2 Å². The van der Waals surface area contributed by atoms with Crippen molar-refractivity contribution in [2.45, 2.75) is 19.6 Å². The molecule has 0 fully saturated rings. The fourth-order valence-corrected chi connectivity index (χ4v) is 2.56. The van der Waals surface area contributed by atoms with Crippen molar-refractivity contribution in [3.63, 3.8) is 0 Å². The van der Waals surface area contributed by atoms with Crippen molar-refractivity contribution in [1.29, 1.82) is 0 Å². The molecule has 1 N–H and O–H groups in total. The van der Waals surface area contributed by atoms with E-state index in [1.165, 1.54) is 17.4 Å². The molecule has 0 saturated heterocycles. The maximum atomic E-state index is 9.06. The number of rotatable bonds is 4. The summed E-state index contributed by atoms with van der Waals surface area (Å²) >= 11 is 0. The Bertz CT molecular complexity index is 639. The van der Waals surface area contributed by atoms with Crippen molar-refractivity contribution in [3.8, 4) is 11.5 Å². The molecule has 1 aliphatic heterocycles. The fraction of sp³-hybridized carbons (Fsp3) is 0.400. The Hall–Kier alpha value is -2.21. The van der Waals surface area contributed by atoms with E-state index in [9.17, 15) is 0 Å². The van der Waals surface area contributed by atoms with Crippen molar-refractivity contribution in [1.82, 2.24) is 4.98 Å². The van der Waals surface area contributed by atoms with E-state index in [1.807, 2.05) is 17.0 Å². The molecule has 112 valence electrons. The smallest absolute Gasteiger partial charge is 0.297 e. The highest BCUT2D eigenvalue weighted by Gasteiger charge is 2.22. The van der Waals surface area contributed by atoms with Gasteiger partial charge in [0.05, 0.1) is 20.8 Å². The minimum atomic E-state index is -0.112. The van der Waals surface area contributed by atoms with Crippen molar-refractivity contribution in [2.24, 2.45) is 0 Å². The molecule has 1 aromatic heterocycles. The van der Waals surface area contributed by atoms with Gasteiger partial charge < -0.3 is 23.9 Å². The van der Waals surface area contributed by atoms with Gasteiger partial charge in [0.2, 0.25) is 0 Å². The Labute approximate surface area is 122 Å². The molecule has 21 heavy (non-hydrogen) atoms. The van der Waals surface area contributed by atoms with Crippen LogP contribution in [0.1, 0.15) is 16.8 Å². The predicted octanol–water partition coefficient (Wildman–Crippen LogP) is 1.75. The third kappa shape index (κ3) is 2.54. The van der Waals surface area contributed by atoms with Gasteiger partial charge in [-0.1, -0.05) is 0 Å². The highest BCUT2D eigenvalue weighted by Crippen LogP contribution is 2.34. The van der Waals surface area contributed by atoms with Gasteiger partial charge in [-0.2, -0.15) is 4.98 Å². The molecule has 2 heterocycles. The first-order valence-corrected chi connectivity index (χ1v) is 6.79. The summed E-state index contributed by atoms with van der Waals surface area (Å²) < 4.78 is 16.1. The first kappa shape index (κ1) is 13.8. The largest absolute Gasteiger partial charge is 0.493 e. The van der Waals surface area contributed by atoms with E-state index in [2.05, 4.69) is 4.98 Å². The van der Waals surface area contributed by atoms with Crippen LogP contribution in [0.4, 0.5) is 6.01 Å². The second-order valence-electron chi connectivity index (χ2n) is 4.93. The molecule has 1 aliphatic rings. The van der Waals surface area contributed by atoms with E-state index in [0.717, 1.165) is 24.5 Å². The van der Waals surface area contributed by atoms with Crippen LogP contribution in [0.25, 0.3) is 0 Å². The topological polar surface area (TPSA) is 68.0 Å². The van der Waals surface area contributed by atoms with Crippen LogP contribution in [0, 0.1) is 0 Å². The van der Waals surface area contributed by atoms with E-state index in [-0.39, 0.29) is 6.61 Å². The minimum absolute atomic E-state index is 0.112. The van der Waals surface area contributed by atoms with Crippen LogP contribution >= 0.6 is 0 Å². The number of hydrogen-bond acceptors (Lipinski definition) is 6. The maximum absolute atomic E-state index is 9.06. The number of fused-ring (bicyclic) bond motifs is 1. The number of oxazole rings is 1. The number of aliphatic hydroxyl groups excluding tert-OH is 1. The lowest BCUT2D eigenvalue weighted by Crippen LogP contribution is -2.30. The van der Waals surface area contributed by atoms with Gasteiger partial charge in [0.15, 0.2) is 11.5 Å². The lowest BCUT2D eigenvalue weighted by molar-refractivity contribution is 0.276. The van der Waals surface area contributed by atoms with Gasteiger partial charge in [0.25, 0.3) is 6.01 Å². The first-order valence-electron chi connectivity index (χ1n) is 6.79. The monoisotopic (exact) mass is 290 g/mol. The third-order valence-electron chi connectivity index (χ3n) is 3.69. The van der Waals surface area contributed by atoms with Crippen LogP contribution in [0.15, 0.2) is 22.8 Å². The number of hydrogen-bond donors (Lipinski definition) is 1. The molecule has 3 rings (SSSR count). The molecular weight excluding hydrogens is 272 g/mol. The van der Waals surface area contributed by atoms with Crippen LogP contribution in [0.3, 0.4) is 0 Å². The summed E-state index contributed by atoms with van der Waals surface area (Å²) in [4.78, 5) is 6.30. The summed E-state index contributed by atoms with van der Waals surface area (Å²) in [5.74, 6) is 1.48. The van der Waals surface area contributed by atoms with E-state index in [1.54, 1.807) is 14.2 Å². The predicted molar refractivity (Wildman–Crippen MR) is 76.7 cm³/mol. The summed E-state index contributed by atoms with van der Waals surface area (Å²) in [5.41, 5.74) is 2.96. The van der Waals surface area contributed by atoms with Crippen LogP contribution < -0.4 is 14.4 Å². The number of nitrogens with zero attached hydrogens (tertiary/aromatic N) is 2. The summed E-state index contributed by atoms with van der Waals surface area (Å²) in [6, 6.07) is 4.57. The molecule has 0 saturated carbocycles. The second kappa shape index (κ2) is 5.65. The third-order valence-corrected chi connectivity index (χ3v) is 3.69. The van der Waals surface area contributed by atoms with E-state index in [4.69, 9.17) is 19.0 Å². The van der Waals surface area contributed by atoms with Crippen molar-refractivity contribution in [2.75, 3.05) is 25.7 Å². The molecule has 6 heteroatoms. The van der Waals surface area contributed by atoms with Gasteiger partial charge in [0, 0.05) is 13.1 Å². The number of aliphatic hydroxyl groups is 1. The molecule has 0 unspecified atom stereocenters. The zero-order valence-electron chi connectivity index (χ0n) is 12.1. The molecular formula is C15H18N2O4. The lowest BCUT2D eigenvalue weighted by atomic mass is 9.99. The van der Waals surface area contributed by atoms with Gasteiger partial charge in [-0.25, -0.2) is 0 Å². The SMILES string of the molecule is COc1cc2c(cc1OC)CN(c1nc(CO)co1)CC2. The second-order valence-corrected chi connectivity index (χ2v) is 4.93. The summed E-state index contributed by atoms with van der Waals surface area (Å²) in [6.45, 7) is 1.40. The highest BCUT2D eigenvalue weighted by atomic mass is 16.5. The zero-order valence-corrected chi connectivity index (χ0v) is 12.1. The number of methoxy groups -OCH3 is 2.